The average Bonchev–Trinajstić information content (AvgIpc) is 3.05. The second-order valence-electron chi connectivity index (χ2n) is 6.01. The number of benzene rings is 2. The molecule has 3 aromatic rings. The Morgan fingerprint density at radius 1 is 1.17 bits per heavy atom. The van der Waals surface area contributed by atoms with E-state index in [0.717, 1.165) is 0 Å². The fraction of sp³-hybridized carbons (Fsp3) is 0.158. The van der Waals surface area contributed by atoms with Gasteiger partial charge >= 0.3 is 0 Å². The van der Waals surface area contributed by atoms with Crippen LogP contribution >= 0.6 is 15.9 Å². The number of aromatic nitrogens is 3. The van der Waals surface area contributed by atoms with Gasteiger partial charge in [-0.2, -0.15) is 0 Å². The van der Waals surface area contributed by atoms with Gasteiger partial charge in [-0.05, 0) is 37.3 Å². The summed E-state index contributed by atoms with van der Waals surface area (Å²) in [4.78, 5) is 24.8. The second-order valence-corrected chi connectivity index (χ2v) is 6.92. The lowest BCUT2D eigenvalue weighted by molar-refractivity contribution is -0.117. The van der Waals surface area contributed by atoms with Crippen molar-refractivity contribution in [2.24, 2.45) is 0 Å². The van der Waals surface area contributed by atoms with Crippen molar-refractivity contribution in [3.63, 3.8) is 0 Å². The van der Waals surface area contributed by atoms with E-state index in [4.69, 9.17) is 4.74 Å². The van der Waals surface area contributed by atoms with Crippen molar-refractivity contribution in [2.75, 3.05) is 17.7 Å². The van der Waals surface area contributed by atoms with E-state index >= 15 is 0 Å². The molecule has 1 aromatic heterocycles. The highest BCUT2D eigenvalue weighted by atomic mass is 79.9. The Morgan fingerprint density at radius 2 is 1.93 bits per heavy atom. The number of amides is 2. The molecule has 0 aliphatic carbocycles. The minimum Gasteiger partial charge on any atom is -0.495 e. The first-order chi connectivity index (χ1) is 13.9. The molecule has 3 rings (SSSR count). The van der Waals surface area contributed by atoms with E-state index in [0.29, 0.717) is 21.6 Å². The van der Waals surface area contributed by atoms with Gasteiger partial charge in [-0.1, -0.05) is 33.3 Å². The van der Waals surface area contributed by atoms with Gasteiger partial charge in [0, 0.05) is 4.47 Å². The Hall–Kier alpha value is -3.27. The minimum atomic E-state index is -0.570. The van der Waals surface area contributed by atoms with Crippen molar-refractivity contribution in [3.05, 3.63) is 64.1 Å². The van der Waals surface area contributed by atoms with Gasteiger partial charge in [0.1, 0.15) is 18.1 Å². The average molecular weight is 462 g/mol. The molecule has 0 atom stereocenters. The Bertz CT molecular complexity index is 1070. The molecule has 2 N–H and O–H groups in total. The highest BCUT2D eigenvalue weighted by molar-refractivity contribution is 9.10. The molecule has 0 saturated heterocycles. The van der Waals surface area contributed by atoms with Gasteiger partial charge in [0.25, 0.3) is 5.91 Å². The van der Waals surface area contributed by atoms with Crippen molar-refractivity contribution in [1.29, 1.82) is 0 Å². The molecular weight excluding hydrogens is 445 g/mol. The van der Waals surface area contributed by atoms with Crippen LogP contribution in [0.3, 0.4) is 0 Å². The molecule has 0 bridgehead atoms. The van der Waals surface area contributed by atoms with Crippen LogP contribution in [0.1, 0.15) is 16.2 Å². The molecule has 2 aromatic carbocycles. The lowest BCUT2D eigenvalue weighted by atomic mass is 10.2. The molecular formula is C19H17BrFN5O3. The molecule has 0 spiro atoms. The number of carbonyl (C=O) groups is 2. The first-order valence-electron chi connectivity index (χ1n) is 8.48. The Morgan fingerprint density at radius 3 is 2.66 bits per heavy atom. The maximum absolute atomic E-state index is 13.9. The van der Waals surface area contributed by atoms with Crippen molar-refractivity contribution in [3.8, 4) is 5.75 Å². The number of halogens is 2. The van der Waals surface area contributed by atoms with Crippen molar-refractivity contribution >= 4 is 39.1 Å². The van der Waals surface area contributed by atoms with Crippen LogP contribution in [0.2, 0.25) is 0 Å². The molecule has 0 radical (unpaired) electrons. The fourth-order valence-corrected chi connectivity index (χ4v) is 2.90. The first kappa shape index (κ1) is 20.5. The van der Waals surface area contributed by atoms with Gasteiger partial charge < -0.3 is 15.4 Å². The normalized spacial score (nSPS) is 10.5. The summed E-state index contributed by atoms with van der Waals surface area (Å²) in [5.74, 6) is -1.06. The van der Waals surface area contributed by atoms with Crippen LogP contribution in [-0.2, 0) is 11.3 Å². The number of ether oxygens (including phenoxy) is 1. The number of nitrogens with zero attached hydrogens (tertiary/aromatic N) is 3. The molecule has 0 saturated carbocycles. The summed E-state index contributed by atoms with van der Waals surface area (Å²) < 4.78 is 20.9. The highest BCUT2D eigenvalue weighted by Crippen LogP contribution is 2.24. The SMILES string of the molecule is COc1ccccc1NC(=O)c1nnn(CC(=O)Nc2ccc(Br)cc2F)c1C. The predicted octanol–water partition coefficient (Wildman–Crippen LogP) is 3.39. The molecule has 10 heteroatoms. The third-order valence-electron chi connectivity index (χ3n) is 4.05. The minimum absolute atomic E-state index is 0.0464. The molecule has 29 heavy (non-hydrogen) atoms. The van der Waals surface area contributed by atoms with Crippen LogP contribution in [0.25, 0.3) is 0 Å². The van der Waals surface area contributed by atoms with Crippen molar-refractivity contribution in [2.45, 2.75) is 13.5 Å². The van der Waals surface area contributed by atoms with Crippen LogP contribution in [0.5, 0.6) is 5.75 Å². The third kappa shape index (κ3) is 4.77. The quantitative estimate of drug-likeness (QED) is 0.586. The molecule has 1 heterocycles. The van der Waals surface area contributed by atoms with E-state index < -0.39 is 17.6 Å². The molecule has 0 fully saturated rings. The number of hydrogen-bond acceptors (Lipinski definition) is 5. The predicted molar refractivity (Wildman–Crippen MR) is 108 cm³/mol. The van der Waals surface area contributed by atoms with Gasteiger partial charge in [-0.3, -0.25) is 9.59 Å². The smallest absolute Gasteiger partial charge is 0.278 e. The topological polar surface area (TPSA) is 98.1 Å². The Balaban J connectivity index is 1.70. The van der Waals surface area contributed by atoms with Crippen LogP contribution in [0, 0.1) is 12.7 Å². The number of carbonyl (C=O) groups excluding carboxylic acids is 2. The summed E-state index contributed by atoms with van der Waals surface area (Å²) in [6, 6.07) is 11.2. The number of methoxy groups -OCH3 is 1. The van der Waals surface area contributed by atoms with Gasteiger partial charge in [0.05, 0.1) is 24.2 Å². The lowest BCUT2D eigenvalue weighted by Crippen LogP contribution is -2.21. The van der Waals surface area contributed by atoms with Crippen molar-refractivity contribution in [1.82, 2.24) is 15.0 Å². The van der Waals surface area contributed by atoms with Gasteiger partial charge in [-0.15, -0.1) is 5.10 Å². The van der Waals surface area contributed by atoms with Gasteiger partial charge in [0.2, 0.25) is 5.91 Å². The number of hydrogen-bond donors (Lipinski definition) is 2. The van der Waals surface area contributed by atoms with Gasteiger partial charge in [-0.25, -0.2) is 9.07 Å². The summed E-state index contributed by atoms with van der Waals surface area (Å²) in [6.45, 7) is 1.39. The number of anilines is 2. The molecule has 8 nitrogen and oxygen atoms in total. The number of nitrogens with one attached hydrogen (secondary N) is 2. The first-order valence-corrected chi connectivity index (χ1v) is 9.27. The zero-order valence-corrected chi connectivity index (χ0v) is 17.2. The molecule has 2 amide bonds. The van der Waals surface area contributed by atoms with Crippen LogP contribution in [0.15, 0.2) is 46.9 Å². The van der Waals surface area contributed by atoms with Gasteiger partial charge in [0.15, 0.2) is 5.69 Å². The van der Waals surface area contributed by atoms with E-state index in [1.54, 1.807) is 37.3 Å². The summed E-state index contributed by atoms with van der Waals surface area (Å²) >= 11 is 3.15. The maximum Gasteiger partial charge on any atom is 0.278 e. The monoisotopic (exact) mass is 461 g/mol. The molecule has 0 aliphatic heterocycles. The standard InChI is InChI=1S/C19H17BrFN5O3/c1-11-18(19(28)23-15-5-3-4-6-16(15)29-2)24-25-26(11)10-17(27)22-14-8-7-12(20)9-13(14)21/h3-9H,10H2,1-2H3,(H,22,27)(H,23,28). The van der Waals surface area contributed by atoms with E-state index in [1.165, 1.54) is 23.9 Å². The molecule has 150 valence electrons. The summed E-state index contributed by atoms with van der Waals surface area (Å²) in [6.07, 6.45) is 0. The second kappa shape index (κ2) is 8.82. The van der Waals surface area contributed by atoms with E-state index in [1.807, 2.05) is 0 Å². The maximum atomic E-state index is 13.9. The van der Waals surface area contributed by atoms with E-state index in [9.17, 15) is 14.0 Å². The summed E-state index contributed by atoms with van der Waals surface area (Å²) in [7, 11) is 1.50. The number of rotatable bonds is 6. The highest BCUT2D eigenvalue weighted by Gasteiger charge is 2.19. The molecule has 0 unspecified atom stereocenters. The van der Waals surface area contributed by atoms with Crippen LogP contribution in [0.4, 0.5) is 15.8 Å². The zero-order chi connectivity index (χ0) is 21.0. The largest absolute Gasteiger partial charge is 0.495 e. The number of para-hydroxylation sites is 2. The Kier molecular flexibility index (Phi) is 6.23. The van der Waals surface area contributed by atoms with Crippen molar-refractivity contribution < 1.29 is 18.7 Å². The molecule has 0 aliphatic rings. The fourth-order valence-electron chi connectivity index (χ4n) is 2.57. The van der Waals surface area contributed by atoms with E-state index in [2.05, 4.69) is 36.9 Å². The lowest BCUT2D eigenvalue weighted by Gasteiger charge is -2.09. The van der Waals surface area contributed by atoms with Crippen LogP contribution < -0.4 is 15.4 Å². The van der Waals surface area contributed by atoms with E-state index in [-0.39, 0.29) is 17.9 Å². The summed E-state index contributed by atoms with van der Waals surface area (Å²) in [5.41, 5.74) is 0.991. The Labute approximate surface area is 174 Å². The zero-order valence-electron chi connectivity index (χ0n) is 15.6. The van der Waals surface area contributed by atoms with Crippen LogP contribution in [-0.4, -0.2) is 33.9 Å². The third-order valence-corrected chi connectivity index (χ3v) is 4.54. The summed E-state index contributed by atoms with van der Waals surface area (Å²) in [5, 5.41) is 12.9.